The van der Waals surface area contributed by atoms with Gasteiger partial charge in [-0.15, -0.1) is 0 Å². The van der Waals surface area contributed by atoms with Crippen molar-refractivity contribution in [1.29, 1.82) is 0 Å². The first-order valence-electron chi connectivity index (χ1n) is 7.45. The van der Waals surface area contributed by atoms with Gasteiger partial charge in [-0.05, 0) is 18.4 Å². The maximum absolute atomic E-state index is 12.1. The van der Waals surface area contributed by atoms with Crippen LogP contribution in [0.5, 0.6) is 0 Å². The molecule has 5 nitrogen and oxygen atoms in total. The Labute approximate surface area is 124 Å². The molecule has 2 aliphatic rings. The van der Waals surface area contributed by atoms with Crippen molar-refractivity contribution >= 4 is 6.09 Å². The first kappa shape index (κ1) is 13.9. The second-order valence-electron chi connectivity index (χ2n) is 5.40. The number of rotatable bonds is 2. The van der Waals surface area contributed by atoms with Crippen molar-refractivity contribution in [2.45, 2.75) is 32.6 Å². The molecule has 2 heterocycles. The third-order valence-corrected chi connectivity index (χ3v) is 3.80. The zero-order valence-corrected chi connectivity index (χ0v) is 12.3. The molecule has 0 aromatic carbocycles. The SMILES string of the molecule is Cc1nc2c(o1)CCN(C(=O)OCC1=CCCC=C1)CC2. The smallest absolute Gasteiger partial charge is 0.410 e. The molecule has 0 saturated heterocycles. The highest BCUT2D eigenvalue weighted by Gasteiger charge is 2.22. The molecule has 0 saturated carbocycles. The number of hydrogen-bond acceptors (Lipinski definition) is 4. The van der Waals surface area contributed by atoms with E-state index in [1.807, 2.05) is 13.0 Å². The summed E-state index contributed by atoms with van der Waals surface area (Å²) in [4.78, 5) is 18.2. The van der Waals surface area contributed by atoms with Gasteiger partial charge in [0.05, 0.1) is 5.69 Å². The lowest BCUT2D eigenvalue weighted by atomic mass is 10.1. The van der Waals surface area contributed by atoms with Crippen molar-refractivity contribution in [3.63, 3.8) is 0 Å². The minimum Gasteiger partial charge on any atom is -0.446 e. The van der Waals surface area contributed by atoms with E-state index in [-0.39, 0.29) is 6.09 Å². The largest absolute Gasteiger partial charge is 0.446 e. The Hall–Kier alpha value is -2.04. The average molecular weight is 288 g/mol. The molecule has 3 rings (SSSR count). The molecule has 21 heavy (non-hydrogen) atoms. The fourth-order valence-corrected chi connectivity index (χ4v) is 2.69. The van der Waals surface area contributed by atoms with Crippen molar-refractivity contribution in [2.24, 2.45) is 0 Å². The van der Waals surface area contributed by atoms with Gasteiger partial charge in [0.1, 0.15) is 12.4 Å². The number of carbonyl (C=O) groups is 1. The van der Waals surface area contributed by atoms with Crippen LogP contribution in [-0.4, -0.2) is 35.7 Å². The van der Waals surface area contributed by atoms with Gasteiger partial charge in [-0.1, -0.05) is 18.2 Å². The van der Waals surface area contributed by atoms with Crippen LogP contribution >= 0.6 is 0 Å². The van der Waals surface area contributed by atoms with Crippen molar-refractivity contribution < 1.29 is 13.9 Å². The summed E-state index contributed by atoms with van der Waals surface area (Å²) >= 11 is 0. The van der Waals surface area contributed by atoms with Crippen LogP contribution in [0.15, 0.2) is 28.2 Å². The molecule has 0 unspecified atom stereocenters. The second-order valence-corrected chi connectivity index (χ2v) is 5.40. The summed E-state index contributed by atoms with van der Waals surface area (Å²) in [5.41, 5.74) is 2.05. The monoisotopic (exact) mass is 288 g/mol. The summed E-state index contributed by atoms with van der Waals surface area (Å²) in [5, 5.41) is 0. The summed E-state index contributed by atoms with van der Waals surface area (Å²) < 4.78 is 11.0. The van der Waals surface area contributed by atoms with Crippen molar-refractivity contribution in [3.8, 4) is 0 Å². The normalized spacial score (nSPS) is 18.0. The van der Waals surface area contributed by atoms with Gasteiger partial charge < -0.3 is 14.1 Å². The van der Waals surface area contributed by atoms with Crippen LogP contribution < -0.4 is 0 Å². The van der Waals surface area contributed by atoms with E-state index in [2.05, 4.69) is 17.1 Å². The molecule has 1 aromatic rings. The Kier molecular flexibility index (Phi) is 4.08. The maximum atomic E-state index is 12.1. The second kappa shape index (κ2) is 6.16. The standard InChI is InChI=1S/C16H20N2O3/c1-12-17-14-7-9-18(10-8-15(14)21-12)16(19)20-11-13-5-3-2-4-6-13/h3,5-6H,2,4,7-11H2,1H3. The molecule has 1 aromatic heterocycles. The fourth-order valence-electron chi connectivity index (χ4n) is 2.69. The number of carbonyl (C=O) groups excluding carboxylic acids is 1. The lowest BCUT2D eigenvalue weighted by Gasteiger charge is -2.20. The highest BCUT2D eigenvalue weighted by atomic mass is 16.6. The molecule has 112 valence electrons. The summed E-state index contributed by atoms with van der Waals surface area (Å²) in [6.07, 6.45) is 9.54. The summed E-state index contributed by atoms with van der Waals surface area (Å²) in [6, 6.07) is 0. The maximum Gasteiger partial charge on any atom is 0.410 e. The molecule has 0 spiro atoms. The summed E-state index contributed by atoms with van der Waals surface area (Å²) in [5.74, 6) is 1.60. The van der Waals surface area contributed by atoms with E-state index in [4.69, 9.17) is 9.15 Å². The van der Waals surface area contributed by atoms with Crippen LogP contribution in [0.4, 0.5) is 4.79 Å². The molecule has 0 fully saturated rings. The lowest BCUT2D eigenvalue weighted by molar-refractivity contribution is 0.112. The number of allylic oxidation sites excluding steroid dienone is 2. The molecule has 1 amide bonds. The Bertz CT molecular complexity index is 561. The molecule has 0 N–H and O–H groups in total. The minimum atomic E-state index is -0.253. The number of ether oxygens (including phenoxy) is 1. The van der Waals surface area contributed by atoms with Crippen LogP contribution in [0.2, 0.25) is 0 Å². The third-order valence-electron chi connectivity index (χ3n) is 3.80. The van der Waals surface area contributed by atoms with E-state index >= 15 is 0 Å². The van der Waals surface area contributed by atoms with Gasteiger partial charge in [0.25, 0.3) is 0 Å². The van der Waals surface area contributed by atoms with Crippen LogP contribution in [0, 0.1) is 6.92 Å². The van der Waals surface area contributed by atoms with Crippen molar-refractivity contribution in [1.82, 2.24) is 9.88 Å². The molecule has 1 aliphatic heterocycles. The number of nitrogens with zero attached hydrogens (tertiary/aromatic N) is 2. The Balaban J connectivity index is 1.53. The number of fused-ring (bicyclic) bond motifs is 1. The number of aromatic nitrogens is 1. The Morgan fingerprint density at radius 3 is 3.05 bits per heavy atom. The Morgan fingerprint density at radius 2 is 2.24 bits per heavy atom. The van der Waals surface area contributed by atoms with E-state index < -0.39 is 0 Å². The van der Waals surface area contributed by atoms with E-state index in [0.717, 1.165) is 36.3 Å². The van der Waals surface area contributed by atoms with E-state index in [9.17, 15) is 4.79 Å². The zero-order valence-electron chi connectivity index (χ0n) is 12.3. The van der Waals surface area contributed by atoms with Gasteiger partial charge in [-0.25, -0.2) is 9.78 Å². The van der Waals surface area contributed by atoms with Gasteiger partial charge >= 0.3 is 6.09 Å². The topological polar surface area (TPSA) is 55.6 Å². The summed E-state index contributed by atoms with van der Waals surface area (Å²) in [7, 11) is 0. The number of amides is 1. The van der Waals surface area contributed by atoms with Gasteiger partial charge in [0, 0.05) is 32.9 Å². The van der Waals surface area contributed by atoms with Crippen LogP contribution in [0.3, 0.4) is 0 Å². The van der Waals surface area contributed by atoms with Gasteiger partial charge in [0.2, 0.25) is 0 Å². The fraction of sp³-hybridized carbons (Fsp3) is 0.500. The highest BCUT2D eigenvalue weighted by Crippen LogP contribution is 2.17. The predicted octanol–water partition coefficient (Wildman–Crippen LogP) is 2.80. The third kappa shape index (κ3) is 3.35. The van der Waals surface area contributed by atoms with Gasteiger partial charge in [-0.3, -0.25) is 0 Å². The Morgan fingerprint density at radius 1 is 1.38 bits per heavy atom. The molecule has 5 heteroatoms. The van der Waals surface area contributed by atoms with E-state index in [0.29, 0.717) is 32.0 Å². The molecular weight excluding hydrogens is 268 g/mol. The highest BCUT2D eigenvalue weighted by molar-refractivity contribution is 5.68. The molecule has 1 aliphatic carbocycles. The van der Waals surface area contributed by atoms with E-state index in [1.165, 1.54) is 0 Å². The van der Waals surface area contributed by atoms with E-state index in [1.54, 1.807) is 4.90 Å². The minimum absolute atomic E-state index is 0.253. The predicted molar refractivity (Wildman–Crippen MR) is 78.0 cm³/mol. The van der Waals surface area contributed by atoms with Crippen molar-refractivity contribution in [3.05, 3.63) is 41.1 Å². The molecule has 0 radical (unpaired) electrons. The lowest BCUT2D eigenvalue weighted by Crippen LogP contribution is -2.34. The van der Waals surface area contributed by atoms with Crippen LogP contribution in [0.1, 0.15) is 30.2 Å². The van der Waals surface area contributed by atoms with Crippen molar-refractivity contribution in [2.75, 3.05) is 19.7 Å². The zero-order chi connectivity index (χ0) is 14.7. The quantitative estimate of drug-likeness (QED) is 0.839. The average Bonchev–Trinajstić information content (AvgIpc) is 2.74. The van der Waals surface area contributed by atoms with Crippen LogP contribution in [0.25, 0.3) is 0 Å². The number of oxazole rings is 1. The first-order chi connectivity index (χ1) is 10.2. The number of aryl methyl sites for hydroxylation is 1. The van der Waals surface area contributed by atoms with Crippen LogP contribution in [-0.2, 0) is 17.6 Å². The number of hydrogen-bond donors (Lipinski definition) is 0. The molecule has 0 bridgehead atoms. The molecule has 0 atom stereocenters. The summed E-state index contributed by atoms with van der Waals surface area (Å²) in [6.45, 7) is 3.46. The van der Waals surface area contributed by atoms with Gasteiger partial charge in [0.15, 0.2) is 5.89 Å². The first-order valence-corrected chi connectivity index (χ1v) is 7.45. The molecular formula is C16H20N2O3. The van der Waals surface area contributed by atoms with Gasteiger partial charge in [-0.2, -0.15) is 0 Å².